The molecule has 2 aromatic rings. The molecule has 0 bridgehead atoms. The first-order chi connectivity index (χ1) is 8.24. The predicted molar refractivity (Wildman–Crippen MR) is 61.5 cm³/mol. The van der Waals surface area contributed by atoms with Crippen molar-refractivity contribution in [2.75, 3.05) is 0 Å². The van der Waals surface area contributed by atoms with E-state index in [0.29, 0.717) is 17.7 Å². The minimum Gasteiger partial charge on any atom is -0.484 e. The van der Waals surface area contributed by atoms with Gasteiger partial charge in [-0.3, -0.25) is 4.98 Å². The molecule has 0 saturated carbocycles. The van der Waals surface area contributed by atoms with Gasteiger partial charge < -0.3 is 9.84 Å². The van der Waals surface area contributed by atoms with Gasteiger partial charge in [0.2, 0.25) is 0 Å². The number of aliphatic hydroxyl groups excluding tert-OH is 1. The molecule has 2 atom stereocenters. The fourth-order valence-corrected chi connectivity index (χ4v) is 2.64. The second kappa shape index (κ2) is 4.09. The van der Waals surface area contributed by atoms with Crippen LogP contribution in [0.4, 0.5) is 4.39 Å². The van der Waals surface area contributed by atoms with E-state index < -0.39 is 6.10 Å². The van der Waals surface area contributed by atoms with Crippen LogP contribution < -0.4 is 4.74 Å². The smallest absolute Gasteiger partial charge is 0.137 e. The maximum atomic E-state index is 13.1. The Morgan fingerprint density at radius 1 is 1.47 bits per heavy atom. The summed E-state index contributed by atoms with van der Waals surface area (Å²) in [7, 11) is 0. The van der Waals surface area contributed by atoms with Crippen molar-refractivity contribution in [2.24, 2.45) is 0 Å². The van der Waals surface area contributed by atoms with Crippen molar-refractivity contribution in [2.45, 2.75) is 18.6 Å². The number of halogens is 1. The summed E-state index contributed by atoms with van der Waals surface area (Å²) < 4.78 is 18.8. The quantitative estimate of drug-likeness (QED) is 0.847. The van der Waals surface area contributed by atoms with E-state index in [1.54, 1.807) is 17.8 Å². The minimum atomic E-state index is -0.693. The molecule has 0 aliphatic carbocycles. The van der Waals surface area contributed by atoms with E-state index in [-0.39, 0.29) is 11.9 Å². The SMILES string of the molecule is O[C@H]1CC(c2cncs2)Oc2ccc(F)cc21. The van der Waals surface area contributed by atoms with E-state index in [2.05, 4.69) is 4.98 Å². The molecule has 0 spiro atoms. The summed E-state index contributed by atoms with van der Waals surface area (Å²) in [4.78, 5) is 4.96. The van der Waals surface area contributed by atoms with Gasteiger partial charge in [0.15, 0.2) is 0 Å². The number of hydrogen-bond acceptors (Lipinski definition) is 4. The van der Waals surface area contributed by atoms with Gasteiger partial charge in [0.25, 0.3) is 0 Å². The predicted octanol–water partition coefficient (Wildman–Crippen LogP) is 2.84. The van der Waals surface area contributed by atoms with E-state index in [0.717, 1.165) is 4.88 Å². The van der Waals surface area contributed by atoms with Crippen molar-refractivity contribution >= 4 is 11.3 Å². The highest BCUT2D eigenvalue weighted by Gasteiger charge is 2.29. The van der Waals surface area contributed by atoms with Gasteiger partial charge in [-0.25, -0.2) is 4.39 Å². The number of nitrogens with zero attached hydrogens (tertiary/aromatic N) is 1. The van der Waals surface area contributed by atoms with Crippen LogP contribution in [0.25, 0.3) is 0 Å². The molecule has 5 heteroatoms. The van der Waals surface area contributed by atoms with Crippen molar-refractivity contribution in [3.63, 3.8) is 0 Å². The summed E-state index contributed by atoms with van der Waals surface area (Å²) in [6.07, 6.45) is 1.27. The summed E-state index contributed by atoms with van der Waals surface area (Å²) in [6.45, 7) is 0. The maximum absolute atomic E-state index is 13.1. The standard InChI is InChI=1S/C12H10FNO2S/c13-7-1-2-10-8(3-7)9(15)4-11(16-10)12-5-14-6-17-12/h1-3,5-6,9,11,15H,4H2/t9-,11?/m0/s1. The van der Waals surface area contributed by atoms with Crippen LogP contribution in [0.15, 0.2) is 29.9 Å². The van der Waals surface area contributed by atoms with Crippen LogP contribution in [0.1, 0.15) is 29.1 Å². The van der Waals surface area contributed by atoms with Gasteiger partial charge in [-0.15, -0.1) is 11.3 Å². The molecule has 3 nitrogen and oxygen atoms in total. The highest BCUT2D eigenvalue weighted by Crippen LogP contribution is 2.41. The number of ether oxygens (including phenoxy) is 1. The number of benzene rings is 1. The molecule has 17 heavy (non-hydrogen) atoms. The molecule has 1 aromatic heterocycles. The lowest BCUT2D eigenvalue weighted by Gasteiger charge is -2.28. The number of rotatable bonds is 1. The van der Waals surface area contributed by atoms with Crippen LogP contribution in [-0.2, 0) is 0 Å². The Hall–Kier alpha value is -1.46. The van der Waals surface area contributed by atoms with Crippen molar-refractivity contribution in [1.29, 1.82) is 0 Å². The van der Waals surface area contributed by atoms with Gasteiger partial charge in [0.1, 0.15) is 17.7 Å². The summed E-state index contributed by atoms with van der Waals surface area (Å²) in [5.41, 5.74) is 2.25. The van der Waals surface area contributed by atoms with E-state index >= 15 is 0 Å². The van der Waals surface area contributed by atoms with Crippen molar-refractivity contribution < 1.29 is 14.2 Å². The van der Waals surface area contributed by atoms with Crippen LogP contribution in [0.5, 0.6) is 5.75 Å². The number of aliphatic hydroxyl groups is 1. The summed E-state index contributed by atoms with van der Waals surface area (Å²) in [5.74, 6) is 0.186. The Labute approximate surface area is 102 Å². The zero-order valence-corrected chi connectivity index (χ0v) is 9.65. The van der Waals surface area contributed by atoms with E-state index in [9.17, 15) is 9.50 Å². The number of aromatic nitrogens is 1. The Kier molecular flexibility index (Phi) is 2.57. The fraction of sp³-hybridized carbons (Fsp3) is 0.250. The topological polar surface area (TPSA) is 42.4 Å². The number of thiazole rings is 1. The first kappa shape index (κ1) is 10.7. The van der Waals surface area contributed by atoms with Gasteiger partial charge in [0, 0.05) is 18.2 Å². The number of hydrogen-bond donors (Lipinski definition) is 1. The number of fused-ring (bicyclic) bond motifs is 1. The molecule has 0 fully saturated rings. The van der Waals surface area contributed by atoms with Crippen molar-refractivity contribution in [1.82, 2.24) is 4.98 Å². The Balaban J connectivity index is 1.96. The lowest BCUT2D eigenvalue weighted by atomic mass is 9.98. The van der Waals surface area contributed by atoms with Gasteiger partial charge in [-0.05, 0) is 18.2 Å². The minimum absolute atomic E-state index is 0.199. The molecule has 0 amide bonds. The summed E-state index contributed by atoms with van der Waals surface area (Å²) >= 11 is 1.49. The normalized spacial score (nSPS) is 22.9. The molecule has 3 rings (SSSR count). The molecule has 1 aliphatic rings. The highest BCUT2D eigenvalue weighted by molar-refractivity contribution is 7.09. The van der Waals surface area contributed by atoms with Gasteiger partial charge in [0.05, 0.1) is 16.5 Å². The first-order valence-electron chi connectivity index (χ1n) is 5.26. The first-order valence-corrected chi connectivity index (χ1v) is 6.14. The lowest BCUT2D eigenvalue weighted by Crippen LogP contribution is -2.18. The van der Waals surface area contributed by atoms with E-state index in [4.69, 9.17) is 4.74 Å². The molecule has 1 aliphatic heterocycles. The van der Waals surface area contributed by atoms with E-state index in [1.165, 1.54) is 23.5 Å². The molecule has 2 heterocycles. The van der Waals surface area contributed by atoms with Crippen molar-refractivity contribution in [3.8, 4) is 5.75 Å². The van der Waals surface area contributed by atoms with E-state index in [1.807, 2.05) is 0 Å². The monoisotopic (exact) mass is 251 g/mol. The molecular formula is C12H10FNO2S. The molecule has 1 aromatic carbocycles. The molecule has 88 valence electrons. The average molecular weight is 251 g/mol. The Morgan fingerprint density at radius 3 is 3.12 bits per heavy atom. The van der Waals surface area contributed by atoms with Crippen molar-refractivity contribution in [3.05, 3.63) is 46.2 Å². The highest BCUT2D eigenvalue weighted by atomic mass is 32.1. The van der Waals surface area contributed by atoms with Gasteiger partial charge in [-0.1, -0.05) is 0 Å². The molecule has 1 N–H and O–H groups in total. The second-order valence-electron chi connectivity index (χ2n) is 3.94. The molecular weight excluding hydrogens is 241 g/mol. The summed E-state index contributed by atoms with van der Waals surface area (Å²) in [6, 6.07) is 4.21. The maximum Gasteiger partial charge on any atom is 0.137 e. The lowest BCUT2D eigenvalue weighted by molar-refractivity contribution is 0.0669. The Morgan fingerprint density at radius 2 is 2.35 bits per heavy atom. The van der Waals surface area contributed by atoms with Crippen LogP contribution in [0.2, 0.25) is 0 Å². The van der Waals surface area contributed by atoms with Crippen LogP contribution in [-0.4, -0.2) is 10.1 Å². The van der Waals surface area contributed by atoms with Gasteiger partial charge in [-0.2, -0.15) is 0 Å². The third kappa shape index (κ3) is 1.92. The molecule has 0 saturated heterocycles. The van der Waals surface area contributed by atoms with Gasteiger partial charge >= 0.3 is 0 Å². The zero-order chi connectivity index (χ0) is 11.8. The average Bonchev–Trinajstić information content (AvgIpc) is 2.83. The Bertz CT molecular complexity index is 529. The second-order valence-corrected chi connectivity index (χ2v) is 4.86. The fourth-order valence-electron chi connectivity index (χ4n) is 1.98. The summed E-state index contributed by atoms with van der Waals surface area (Å²) in [5, 5.41) is 9.99. The third-order valence-corrected chi connectivity index (χ3v) is 3.67. The molecule has 1 unspecified atom stereocenters. The van der Waals surface area contributed by atoms with Crippen LogP contribution in [0, 0.1) is 5.82 Å². The van der Waals surface area contributed by atoms with Crippen LogP contribution in [0.3, 0.4) is 0 Å². The third-order valence-electron chi connectivity index (χ3n) is 2.81. The molecule has 0 radical (unpaired) electrons. The largest absolute Gasteiger partial charge is 0.484 e. The van der Waals surface area contributed by atoms with Crippen LogP contribution >= 0.6 is 11.3 Å². The zero-order valence-electron chi connectivity index (χ0n) is 8.84.